The molecule has 0 amide bonds. The van der Waals surface area contributed by atoms with Gasteiger partial charge in [-0.1, -0.05) is 35.3 Å². The van der Waals surface area contributed by atoms with Crippen LogP contribution in [0.3, 0.4) is 0 Å². The van der Waals surface area contributed by atoms with Crippen molar-refractivity contribution < 1.29 is 18.3 Å². The van der Waals surface area contributed by atoms with Crippen molar-refractivity contribution in [3.05, 3.63) is 33.8 Å². The van der Waals surface area contributed by atoms with E-state index in [2.05, 4.69) is 0 Å². The molecule has 2 rings (SSSR count). The van der Waals surface area contributed by atoms with Crippen LogP contribution < -0.4 is 0 Å². The van der Waals surface area contributed by atoms with Gasteiger partial charge in [0, 0.05) is 6.42 Å². The minimum atomic E-state index is -4.26. The van der Waals surface area contributed by atoms with Gasteiger partial charge >= 0.3 is 6.18 Å². The Kier molecular flexibility index (Phi) is 4.57. The fraction of sp³-hybridized carbons (Fsp3) is 0.571. The normalized spacial score (nSPS) is 27.6. The molecule has 1 nitrogen and oxygen atoms in total. The molecule has 0 bridgehead atoms. The third-order valence-corrected chi connectivity index (χ3v) is 4.69. The minimum Gasteiger partial charge on any atom is -0.390 e. The van der Waals surface area contributed by atoms with Crippen molar-refractivity contribution in [2.75, 3.05) is 0 Å². The average molecular weight is 327 g/mol. The molecule has 1 aromatic carbocycles. The molecule has 6 heteroatoms. The highest BCUT2D eigenvalue weighted by atomic mass is 35.5. The lowest BCUT2D eigenvalue weighted by atomic mass is 9.75. The second kappa shape index (κ2) is 5.74. The van der Waals surface area contributed by atoms with Gasteiger partial charge in [-0.15, -0.1) is 0 Å². The van der Waals surface area contributed by atoms with E-state index in [9.17, 15) is 18.3 Å². The predicted octanol–water partition coefficient (Wildman–Crippen LogP) is 5.02. The molecular weight excluding hydrogens is 312 g/mol. The van der Waals surface area contributed by atoms with E-state index in [4.69, 9.17) is 23.2 Å². The zero-order valence-corrected chi connectivity index (χ0v) is 12.2. The SMILES string of the molecule is OC1(Cc2cccc(Cl)c2Cl)CCCC(C(F)(F)F)C1. The van der Waals surface area contributed by atoms with Gasteiger partial charge in [-0.2, -0.15) is 13.2 Å². The maximum atomic E-state index is 12.8. The first-order valence-electron chi connectivity index (χ1n) is 6.43. The molecule has 1 aliphatic rings. The first kappa shape index (κ1) is 15.9. The van der Waals surface area contributed by atoms with Crippen molar-refractivity contribution in [3.63, 3.8) is 0 Å². The summed E-state index contributed by atoms with van der Waals surface area (Å²) >= 11 is 11.9. The summed E-state index contributed by atoms with van der Waals surface area (Å²) in [6, 6.07) is 4.97. The molecule has 1 saturated carbocycles. The number of hydrogen-bond acceptors (Lipinski definition) is 1. The fourth-order valence-corrected chi connectivity index (χ4v) is 3.21. The van der Waals surface area contributed by atoms with Crippen LogP contribution in [0, 0.1) is 5.92 Å². The quantitative estimate of drug-likeness (QED) is 0.809. The van der Waals surface area contributed by atoms with Crippen LogP contribution in [-0.2, 0) is 6.42 Å². The van der Waals surface area contributed by atoms with Crippen LogP contribution in [0.2, 0.25) is 10.0 Å². The first-order chi connectivity index (χ1) is 9.21. The molecule has 2 atom stereocenters. The zero-order chi connectivity index (χ0) is 15.0. The number of aliphatic hydroxyl groups is 1. The van der Waals surface area contributed by atoms with E-state index in [-0.39, 0.29) is 19.3 Å². The van der Waals surface area contributed by atoms with E-state index in [1.54, 1.807) is 18.2 Å². The van der Waals surface area contributed by atoms with E-state index in [1.807, 2.05) is 0 Å². The summed E-state index contributed by atoms with van der Waals surface area (Å²) in [5.74, 6) is -1.45. The van der Waals surface area contributed by atoms with Crippen molar-refractivity contribution in [1.29, 1.82) is 0 Å². The van der Waals surface area contributed by atoms with Gasteiger partial charge in [0.15, 0.2) is 0 Å². The molecular formula is C14H15Cl2F3O. The Morgan fingerprint density at radius 3 is 2.65 bits per heavy atom. The van der Waals surface area contributed by atoms with Crippen LogP contribution in [0.5, 0.6) is 0 Å². The van der Waals surface area contributed by atoms with Gasteiger partial charge in [0.05, 0.1) is 21.6 Å². The Bertz CT molecular complexity index is 490. The van der Waals surface area contributed by atoms with Gasteiger partial charge in [-0.25, -0.2) is 0 Å². The molecule has 1 aliphatic carbocycles. The van der Waals surface area contributed by atoms with Crippen LogP contribution in [0.1, 0.15) is 31.2 Å². The van der Waals surface area contributed by atoms with Crippen molar-refractivity contribution in [2.45, 2.75) is 43.9 Å². The largest absolute Gasteiger partial charge is 0.391 e. The van der Waals surface area contributed by atoms with Crippen LogP contribution >= 0.6 is 23.2 Å². The molecule has 0 spiro atoms. The lowest BCUT2D eigenvalue weighted by Crippen LogP contribution is -2.42. The summed E-state index contributed by atoms with van der Waals surface area (Å²) in [4.78, 5) is 0. The number of halogens is 5. The van der Waals surface area contributed by atoms with E-state index in [1.165, 1.54) is 0 Å². The Hall–Kier alpha value is -0.450. The smallest absolute Gasteiger partial charge is 0.390 e. The summed E-state index contributed by atoms with van der Waals surface area (Å²) < 4.78 is 38.4. The fourth-order valence-electron chi connectivity index (χ4n) is 2.82. The molecule has 1 fully saturated rings. The monoisotopic (exact) mass is 326 g/mol. The number of rotatable bonds is 2. The Labute approximate surface area is 125 Å². The molecule has 20 heavy (non-hydrogen) atoms. The third kappa shape index (κ3) is 3.60. The molecule has 1 aromatic rings. The van der Waals surface area contributed by atoms with Gasteiger partial charge in [0.2, 0.25) is 0 Å². The Balaban J connectivity index is 2.17. The Morgan fingerprint density at radius 2 is 2.00 bits per heavy atom. The predicted molar refractivity (Wildman–Crippen MR) is 73.1 cm³/mol. The number of hydrogen-bond donors (Lipinski definition) is 1. The minimum absolute atomic E-state index is 0.0785. The summed E-state index contributed by atoms with van der Waals surface area (Å²) in [7, 11) is 0. The van der Waals surface area contributed by atoms with Gasteiger partial charge in [-0.3, -0.25) is 0 Å². The molecule has 2 unspecified atom stereocenters. The molecule has 112 valence electrons. The molecule has 0 heterocycles. The lowest BCUT2D eigenvalue weighted by molar-refractivity contribution is -0.200. The highest BCUT2D eigenvalue weighted by molar-refractivity contribution is 6.42. The summed E-state index contributed by atoms with van der Waals surface area (Å²) in [6.07, 6.45) is -3.65. The maximum Gasteiger partial charge on any atom is 0.391 e. The maximum absolute atomic E-state index is 12.8. The summed E-state index contributed by atoms with van der Waals surface area (Å²) in [5, 5.41) is 11.1. The second-order valence-electron chi connectivity index (χ2n) is 5.45. The van der Waals surface area contributed by atoms with Crippen LogP contribution in [0.25, 0.3) is 0 Å². The second-order valence-corrected chi connectivity index (χ2v) is 6.23. The standard InChI is InChI=1S/C14H15Cl2F3O/c15-11-5-1-3-9(12(11)16)7-13(20)6-2-4-10(8-13)14(17,18)19/h1,3,5,10,20H,2,4,6-8H2. The van der Waals surface area contributed by atoms with E-state index >= 15 is 0 Å². The van der Waals surface area contributed by atoms with Crippen LogP contribution in [0.15, 0.2) is 18.2 Å². The third-order valence-electron chi connectivity index (χ3n) is 3.84. The van der Waals surface area contributed by atoms with Crippen molar-refractivity contribution >= 4 is 23.2 Å². The van der Waals surface area contributed by atoms with E-state index in [0.29, 0.717) is 28.5 Å². The topological polar surface area (TPSA) is 20.2 Å². The summed E-state index contributed by atoms with van der Waals surface area (Å²) in [5.41, 5.74) is -0.781. The van der Waals surface area contributed by atoms with E-state index in [0.717, 1.165) is 0 Å². The van der Waals surface area contributed by atoms with Crippen LogP contribution in [-0.4, -0.2) is 16.9 Å². The lowest BCUT2D eigenvalue weighted by Gasteiger charge is -2.38. The Morgan fingerprint density at radius 1 is 1.30 bits per heavy atom. The zero-order valence-electron chi connectivity index (χ0n) is 10.7. The van der Waals surface area contributed by atoms with Gasteiger partial charge in [-0.05, 0) is 37.3 Å². The summed E-state index contributed by atoms with van der Waals surface area (Å²) in [6.45, 7) is 0. The highest BCUT2D eigenvalue weighted by Gasteiger charge is 2.47. The van der Waals surface area contributed by atoms with Crippen LogP contribution in [0.4, 0.5) is 13.2 Å². The molecule has 0 aliphatic heterocycles. The van der Waals surface area contributed by atoms with Gasteiger partial charge in [0.25, 0.3) is 0 Å². The van der Waals surface area contributed by atoms with Gasteiger partial charge < -0.3 is 5.11 Å². The average Bonchev–Trinajstić information content (AvgIpc) is 2.34. The molecule has 0 aromatic heterocycles. The van der Waals surface area contributed by atoms with E-state index < -0.39 is 17.7 Å². The van der Waals surface area contributed by atoms with Crippen molar-refractivity contribution in [1.82, 2.24) is 0 Å². The highest BCUT2D eigenvalue weighted by Crippen LogP contribution is 2.43. The van der Waals surface area contributed by atoms with Crippen molar-refractivity contribution in [2.24, 2.45) is 5.92 Å². The van der Waals surface area contributed by atoms with Gasteiger partial charge in [0.1, 0.15) is 0 Å². The first-order valence-corrected chi connectivity index (χ1v) is 7.19. The molecule has 0 radical (unpaired) electrons. The molecule has 1 N–H and O–H groups in total. The molecule has 0 saturated heterocycles. The number of benzene rings is 1. The number of alkyl halides is 3. The van der Waals surface area contributed by atoms with Crippen molar-refractivity contribution in [3.8, 4) is 0 Å².